The van der Waals surface area contributed by atoms with Crippen LogP contribution in [-0.2, 0) is 9.59 Å². The van der Waals surface area contributed by atoms with Crippen molar-refractivity contribution in [2.45, 2.75) is 39.5 Å². The summed E-state index contributed by atoms with van der Waals surface area (Å²) in [4.78, 5) is 22.3. The minimum atomic E-state index is -0.819. The van der Waals surface area contributed by atoms with Crippen molar-refractivity contribution in [1.82, 2.24) is 5.32 Å². The molecule has 0 bridgehead atoms. The minimum absolute atomic E-state index is 0.00231. The van der Waals surface area contributed by atoms with Gasteiger partial charge >= 0.3 is 5.97 Å². The Labute approximate surface area is 96.4 Å². The second-order valence-corrected chi connectivity index (χ2v) is 5.12. The molecule has 4 nitrogen and oxygen atoms in total. The van der Waals surface area contributed by atoms with Crippen LogP contribution in [0.15, 0.2) is 0 Å². The molecule has 4 heteroatoms. The maximum atomic E-state index is 11.4. The smallest absolute Gasteiger partial charge is 0.308 e. The van der Waals surface area contributed by atoms with E-state index in [0.29, 0.717) is 24.7 Å². The first kappa shape index (κ1) is 13.0. The van der Waals surface area contributed by atoms with Gasteiger partial charge in [0.2, 0.25) is 5.91 Å². The van der Waals surface area contributed by atoms with E-state index in [1.807, 2.05) is 13.8 Å². The van der Waals surface area contributed by atoms with Gasteiger partial charge in [0.05, 0.1) is 5.92 Å². The Morgan fingerprint density at radius 1 is 1.38 bits per heavy atom. The monoisotopic (exact) mass is 227 g/mol. The van der Waals surface area contributed by atoms with E-state index in [4.69, 9.17) is 5.11 Å². The molecule has 0 saturated heterocycles. The predicted octanol–water partition coefficient (Wildman–Crippen LogP) is 1.65. The Hall–Kier alpha value is -1.06. The standard InChI is InChI=1S/C12H21NO3/c1-8(2)5-10(12(15)16)7-13-11(14)6-9-3-4-9/h8-10H,3-7H2,1-2H3,(H,13,14)(H,15,16). The third kappa shape index (κ3) is 5.14. The molecule has 0 spiro atoms. The Kier molecular flexibility index (Phi) is 4.77. The molecule has 0 aromatic rings. The fourth-order valence-electron chi connectivity index (χ4n) is 1.73. The molecule has 0 aromatic carbocycles. The van der Waals surface area contributed by atoms with E-state index in [2.05, 4.69) is 5.32 Å². The summed E-state index contributed by atoms with van der Waals surface area (Å²) in [7, 11) is 0. The molecule has 2 N–H and O–H groups in total. The zero-order chi connectivity index (χ0) is 12.1. The van der Waals surface area contributed by atoms with Crippen LogP contribution in [-0.4, -0.2) is 23.5 Å². The zero-order valence-electron chi connectivity index (χ0n) is 10.0. The summed E-state index contributed by atoms with van der Waals surface area (Å²) in [5, 5.41) is 11.7. The van der Waals surface area contributed by atoms with Gasteiger partial charge in [-0.3, -0.25) is 9.59 Å². The van der Waals surface area contributed by atoms with Crippen LogP contribution in [0.3, 0.4) is 0 Å². The van der Waals surface area contributed by atoms with Crippen LogP contribution < -0.4 is 5.32 Å². The van der Waals surface area contributed by atoms with Gasteiger partial charge in [-0.2, -0.15) is 0 Å². The molecule has 0 aliphatic heterocycles. The number of carbonyl (C=O) groups is 2. The topological polar surface area (TPSA) is 66.4 Å². The number of carbonyl (C=O) groups excluding carboxylic acids is 1. The van der Waals surface area contributed by atoms with Gasteiger partial charge < -0.3 is 10.4 Å². The number of hydrogen-bond acceptors (Lipinski definition) is 2. The Morgan fingerprint density at radius 2 is 2.00 bits per heavy atom. The van der Waals surface area contributed by atoms with Crippen LogP contribution in [0, 0.1) is 17.8 Å². The van der Waals surface area contributed by atoms with Crippen LogP contribution >= 0.6 is 0 Å². The van der Waals surface area contributed by atoms with E-state index < -0.39 is 11.9 Å². The van der Waals surface area contributed by atoms with Crippen molar-refractivity contribution in [3.8, 4) is 0 Å². The van der Waals surface area contributed by atoms with Crippen LogP contribution in [0.1, 0.15) is 39.5 Å². The van der Waals surface area contributed by atoms with Crippen molar-refractivity contribution in [3.05, 3.63) is 0 Å². The first-order chi connectivity index (χ1) is 7.49. The molecule has 92 valence electrons. The Morgan fingerprint density at radius 3 is 2.44 bits per heavy atom. The molecule has 1 rings (SSSR count). The highest BCUT2D eigenvalue weighted by Gasteiger charge is 2.25. The van der Waals surface area contributed by atoms with Crippen LogP contribution in [0.5, 0.6) is 0 Å². The van der Waals surface area contributed by atoms with Crippen LogP contribution in [0.4, 0.5) is 0 Å². The van der Waals surface area contributed by atoms with E-state index in [0.717, 1.165) is 12.8 Å². The molecule has 0 radical (unpaired) electrons. The van der Waals surface area contributed by atoms with Gasteiger partial charge in [-0.25, -0.2) is 0 Å². The maximum Gasteiger partial charge on any atom is 0.308 e. The molecule has 1 aliphatic carbocycles. The molecule has 0 heterocycles. The molecule has 16 heavy (non-hydrogen) atoms. The molecule has 0 aromatic heterocycles. The first-order valence-electron chi connectivity index (χ1n) is 5.98. The molecule has 1 unspecified atom stereocenters. The normalized spacial score (nSPS) is 17.2. The summed E-state index contributed by atoms with van der Waals surface area (Å²) in [5.41, 5.74) is 0. The lowest BCUT2D eigenvalue weighted by atomic mass is 9.97. The third-order valence-electron chi connectivity index (χ3n) is 2.82. The van der Waals surface area contributed by atoms with Crippen LogP contribution in [0.25, 0.3) is 0 Å². The first-order valence-corrected chi connectivity index (χ1v) is 5.98. The van der Waals surface area contributed by atoms with Crippen molar-refractivity contribution in [2.24, 2.45) is 17.8 Å². The summed E-state index contributed by atoms with van der Waals surface area (Å²) in [5.74, 6) is -0.393. The number of amides is 1. The maximum absolute atomic E-state index is 11.4. The van der Waals surface area contributed by atoms with Gasteiger partial charge in [0.1, 0.15) is 0 Å². The molecule has 1 atom stereocenters. The Bertz CT molecular complexity index is 259. The van der Waals surface area contributed by atoms with Gasteiger partial charge in [-0.15, -0.1) is 0 Å². The molecular formula is C12H21NO3. The van der Waals surface area contributed by atoms with Crippen molar-refractivity contribution >= 4 is 11.9 Å². The second-order valence-electron chi connectivity index (χ2n) is 5.12. The fraction of sp³-hybridized carbons (Fsp3) is 0.833. The summed E-state index contributed by atoms with van der Waals surface area (Å²) in [6.45, 7) is 4.24. The summed E-state index contributed by atoms with van der Waals surface area (Å²) >= 11 is 0. The lowest BCUT2D eigenvalue weighted by Gasteiger charge is -2.15. The van der Waals surface area contributed by atoms with E-state index in [-0.39, 0.29) is 12.5 Å². The third-order valence-corrected chi connectivity index (χ3v) is 2.82. The van der Waals surface area contributed by atoms with E-state index in [9.17, 15) is 9.59 Å². The second kappa shape index (κ2) is 5.87. The highest BCUT2D eigenvalue weighted by Crippen LogP contribution is 2.32. The SMILES string of the molecule is CC(C)CC(CNC(=O)CC1CC1)C(=O)O. The summed E-state index contributed by atoms with van der Waals surface area (Å²) in [6.07, 6.45) is 3.45. The number of carboxylic acid groups (broad SMARTS) is 1. The predicted molar refractivity (Wildman–Crippen MR) is 60.9 cm³/mol. The zero-order valence-corrected chi connectivity index (χ0v) is 10.0. The lowest BCUT2D eigenvalue weighted by Crippen LogP contribution is -2.33. The fourth-order valence-corrected chi connectivity index (χ4v) is 1.73. The van der Waals surface area contributed by atoms with E-state index in [1.54, 1.807) is 0 Å². The molecule has 1 fully saturated rings. The average Bonchev–Trinajstić information content (AvgIpc) is 2.95. The van der Waals surface area contributed by atoms with Crippen molar-refractivity contribution in [2.75, 3.05) is 6.54 Å². The van der Waals surface area contributed by atoms with Crippen molar-refractivity contribution < 1.29 is 14.7 Å². The number of rotatable bonds is 7. The van der Waals surface area contributed by atoms with Gasteiger partial charge in [0.25, 0.3) is 0 Å². The average molecular weight is 227 g/mol. The van der Waals surface area contributed by atoms with Gasteiger partial charge in [-0.05, 0) is 31.1 Å². The summed E-state index contributed by atoms with van der Waals surface area (Å²) < 4.78 is 0. The van der Waals surface area contributed by atoms with Crippen molar-refractivity contribution in [3.63, 3.8) is 0 Å². The van der Waals surface area contributed by atoms with Crippen molar-refractivity contribution in [1.29, 1.82) is 0 Å². The Balaban J connectivity index is 2.24. The number of aliphatic carboxylic acids is 1. The minimum Gasteiger partial charge on any atom is -0.481 e. The van der Waals surface area contributed by atoms with E-state index >= 15 is 0 Å². The number of carboxylic acids is 1. The lowest BCUT2D eigenvalue weighted by molar-refractivity contribution is -0.142. The molecule has 1 amide bonds. The van der Waals surface area contributed by atoms with Gasteiger partial charge in [-0.1, -0.05) is 13.8 Å². The number of hydrogen-bond donors (Lipinski definition) is 2. The largest absolute Gasteiger partial charge is 0.481 e. The number of nitrogens with one attached hydrogen (secondary N) is 1. The van der Waals surface area contributed by atoms with E-state index in [1.165, 1.54) is 0 Å². The molecule has 1 aliphatic rings. The molecule has 1 saturated carbocycles. The van der Waals surface area contributed by atoms with Crippen LogP contribution in [0.2, 0.25) is 0 Å². The summed E-state index contributed by atoms with van der Waals surface area (Å²) in [6, 6.07) is 0. The quantitative estimate of drug-likeness (QED) is 0.695. The highest BCUT2D eigenvalue weighted by molar-refractivity contribution is 5.77. The highest BCUT2D eigenvalue weighted by atomic mass is 16.4. The molecular weight excluding hydrogens is 206 g/mol. The van der Waals surface area contributed by atoms with Gasteiger partial charge in [0, 0.05) is 13.0 Å². The van der Waals surface area contributed by atoms with Gasteiger partial charge in [0.15, 0.2) is 0 Å².